The molecule has 0 spiro atoms. The third-order valence-electron chi connectivity index (χ3n) is 3.17. The van der Waals surface area contributed by atoms with Gasteiger partial charge in [0.2, 0.25) is 0 Å². The topological polar surface area (TPSA) is 38.0 Å². The van der Waals surface area contributed by atoms with Gasteiger partial charge in [-0.1, -0.05) is 23.8 Å². The first-order chi connectivity index (χ1) is 7.74. The molecule has 0 aliphatic heterocycles. The summed E-state index contributed by atoms with van der Waals surface area (Å²) >= 11 is 6.08. The molecule has 1 aliphatic carbocycles. The fraction of sp³-hybridized carbons (Fsp3) is 0.583. The van der Waals surface area contributed by atoms with E-state index in [2.05, 4.69) is 17.3 Å². The van der Waals surface area contributed by atoms with Crippen LogP contribution in [0.5, 0.6) is 0 Å². The van der Waals surface area contributed by atoms with Crippen molar-refractivity contribution < 1.29 is 5.11 Å². The van der Waals surface area contributed by atoms with Crippen LogP contribution in [0.15, 0.2) is 18.3 Å². The summed E-state index contributed by atoms with van der Waals surface area (Å²) in [5, 5.41) is 15.1. The highest BCUT2D eigenvalue weighted by Crippen LogP contribution is 2.34. The lowest BCUT2D eigenvalue weighted by molar-refractivity contribution is 0.0937. The van der Waals surface area contributed by atoms with Crippen molar-refractivity contribution in [1.29, 1.82) is 0 Å². The number of aryl methyl sites for hydroxylation is 1. The maximum absolute atomic E-state index is 10.3. The van der Waals surface area contributed by atoms with Gasteiger partial charge in [0.15, 0.2) is 0 Å². The number of hydrogen-bond acceptors (Lipinski definition) is 2. The van der Waals surface area contributed by atoms with Crippen molar-refractivity contribution in [2.45, 2.75) is 38.8 Å². The second-order valence-corrected chi connectivity index (χ2v) is 4.59. The number of allylic oxidation sites excluding steroid dienone is 2. The van der Waals surface area contributed by atoms with Crippen LogP contribution in [0.2, 0.25) is 5.02 Å². The van der Waals surface area contributed by atoms with Gasteiger partial charge in [-0.25, -0.2) is 0 Å². The van der Waals surface area contributed by atoms with E-state index in [-0.39, 0.29) is 5.92 Å². The molecule has 88 valence electrons. The molecule has 2 unspecified atom stereocenters. The first-order valence-electron chi connectivity index (χ1n) is 5.78. The van der Waals surface area contributed by atoms with Gasteiger partial charge < -0.3 is 5.11 Å². The van der Waals surface area contributed by atoms with Crippen LogP contribution in [-0.2, 0) is 6.54 Å². The SMILES string of the molecule is CCn1ncc(Cl)c1C(O)C1CC=CCC1. The second kappa shape index (κ2) is 5.02. The minimum absolute atomic E-state index is 0.268. The van der Waals surface area contributed by atoms with E-state index in [0.29, 0.717) is 5.02 Å². The molecule has 16 heavy (non-hydrogen) atoms. The van der Waals surface area contributed by atoms with Crippen molar-refractivity contribution in [2.75, 3.05) is 0 Å². The zero-order valence-corrected chi connectivity index (χ0v) is 10.2. The Morgan fingerprint density at radius 1 is 1.62 bits per heavy atom. The summed E-state index contributed by atoms with van der Waals surface area (Å²) in [5.41, 5.74) is 0.768. The third kappa shape index (κ3) is 2.15. The predicted molar refractivity (Wildman–Crippen MR) is 64.4 cm³/mol. The van der Waals surface area contributed by atoms with Crippen molar-refractivity contribution in [2.24, 2.45) is 5.92 Å². The normalized spacial score (nSPS) is 22.3. The number of aliphatic hydroxyl groups is 1. The molecule has 1 heterocycles. The van der Waals surface area contributed by atoms with Crippen LogP contribution < -0.4 is 0 Å². The standard InChI is InChI=1S/C12H17ClN2O/c1-2-15-11(10(13)8-14-15)12(16)9-6-4-3-5-7-9/h3-4,8-9,12,16H,2,5-7H2,1H3. The molecule has 2 atom stereocenters. The van der Waals surface area contributed by atoms with Gasteiger partial charge in [0.25, 0.3) is 0 Å². The Morgan fingerprint density at radius 2 is 2.44 bits per heavy atom. The maximum atomic E-state index is 10.3. The lowest BCUT2D eigenvalue weighted by Gasteiger charge is -2.24. The summed E-state index contributed by atoms with van der Waals surface area (Å²) < 4.78 is 1.78. The van der Waals surface area contributed by atoms with Gasteiger partial charge in [-0.3, -0.25) is 4.68 Å². The molecule has 0 saturated heterocycles. The largest absolute Gasteiger partial charge is 0.386 e. The molecule has 2 rings (SSSR count). The zero-order chi connectivity index (χ0) is 11.5. The van der Waals surface area contributed by atoms with Crippen LogP contribution in [0.25, 0.3) is 0 Å². The molecule has 0 aromatic carbocycles. The first kappa shape index (κ1) is 11.7. The van der Waals surface area contributed by atoms with E-state index < -0.39 is 6.10 Å². The van der Waals surface area contributed by atoms with E-state index in [1.165, 1.54) is 0 Å². The van der Waals surface area contributed by atoms with Crippen molar-refractivity contribution in [1.82, 2.24) is 9.78 Å². The van der Waals surface area contributed by atoms with Crippen molar-refractivity contribution in [3.8, 4) is 0 Å². The molecule has 0 radical (unpaired) electrons. The molecule has 0 bridgehead atoms. The van der Waals surface area contributed by atoms with E-state index in [9.17, 15) is 5.11 Å². The molecule has 1 aliphatic rings. The summed E-state index contributed by atoms with van der Waals surface area (Å²) in [6, 6.07) is 0. The third-order valence-corrected chi connectivity index (χ3v) is 3.46. The van der Waals surface area contributed by atoms with Gasteiger partial charge in [-0.2, -0.15) is 5.10 Å². The molecule has 3 nitrogen and oxygen atoms in total. The molecule has 0 amide bonds. The Kier molecular flexibility index (Phi) is 3.66. The number of halogens is 1. The Balaban J connectivity index is 2.21. The highest BCUT2D eigenvalue weighted by molar-refractivity contribution is 6.31. The van der Waals surface area contributed by atoms with Crippen molar-refractivity contribution >= 4 is 11.6 Å². The van der Waals surface area contributed by atoms with Crippen LogP contribution in [0, 0.1) is 5.92 Å². The quantitative estimate of drug-likeness (QED) is 0.825. The Labute approximate surface area is 101 Å². The van der Waals surface area contributed by atoms with Crippen LogP contribution >= 0.6 is 11.6 Å². The summed E-state index contributed by atoms with van der Waals surface area (Å²) in [6.07, 6.45) is 8.40. The molecule has 0 saturated carbocycles. The summed E-state index contributed by atoms with van der Waals surface area (Å²) in [5.74, 6) is 0.268. The minimum Gasteiger partial charge on any atom is -0.386 e. The molecule has 1 aromatic heterocycles. The first-order valence-corrected chi connectivity index (χ1v) is 6.16. The van der Waals surface area contributed by atoms with Gasteiger partial charge in [0.1, 0.15) is 6.10 Å². The maximum Gasteiger partial charge on any atom is 0.100 e. The van der Waals surface area contributed by atoms with Crippen molar-refractivity contribution in [3.05, 3.63) is 29.1 Å². The number of rotatable bonds is 3. The molecule has 1 N–H and O–H groups in total. The number of nitrogens with zero attached hydrogens (tertiary/aromatic N) is 2. The van der Waals surface area contributed by atoms with E-state index >= 15 is 0 Å². The Morgan fingerprint density at radius 3 is 3.06 bits per heavy atom. The number of hydrogen-bond donors (Lipinski definition) is 1. The second-order valence-electron chi connectivity index (χ2n) is 4.18. The van der Waals surface area contributed by atoms with E-state index in [1.807, 2.05) is 6.92 Å². The fourth-order valence-electron chi connectivity index (χ4n) is 2.25. The van der Waals surface area contributed by atoms with Crippen LogP contribution in [0.1, 0.15) is 38.0 Å². The average Bonchev–Trinajstić information content (AvgIpc) is 2.70. The highest BCUT2D eigenvalue weighted by atomic mass is 35.5. The smallest absolute Gasteiger partial charge is 0.100 e. The average molecular weight is 241 g/mol. The molecular weight excluding hydrogens is 224 g/mol. The summed E-state index contributed by atoms with van der Waals surface area (Å²) in [4.78, 5) is 0. The van der Waals surface area contributed by atoms with Gasteiger partial charge in [0.05, 0.1) is 16.9 Å². The van der Waals surface area contributed by atoms with Gasteiger partial charge in [-0.05, 0) is 32.1 Å². The number of aliphatic hydroxyl groups excluding tert-OH is 1. The molecular formula is C12H17ClN2O. The van der Waals surface area contributed by atoms with Crippen LogP contribution in [0.4, 0.5) is 0 Å². The van der Waals surface area contributed by atoms with E-state index in [0.717, 1.165) is 31.5 Å². The molecule has 1 aromatic rings. The van der Waals surface area contributed by atoms with Crippen LogP contribution in [-0.4, -0.2) is 14.9 Å². The van der Waals surface area contributed by atoms with Gasteiger partial charge in [-0.15, -0.1) is 0 Å². The Bertz CT molecular complexity index is 386. The predicted octanol–water partition coefficient (Wildman–Crippen LogP) is 2.95. The lowest BCUT2D eigenvalue weighted by atomic mass is 9.88. The molecule has 0 fully saturated rings. The summed E-state index contributed by atoms with van der Waals surface area (Å²) in [6.45, 7) is 2.74. The van der Waals surface area contributed by atoms with Gasteiger partial charge >= 0.3 is 0 Å². The van der Waals surface area contributed by atoms with Crippen molar-refractivity contribution in [3.63, 3.8) is 0 Å². The monoisotopic (exact) mass is 240 g/mol. The highest BCUT2D eigenvalue weighted by Gasteiger charge is 2.26. The lowest BCUT2D eigenvalue weighted by Crippen LogP contribution is -2.18. The minimum atomic E-state index is -0.500. The van der Waals surface area contributed by atoms with E-state index in [1.54, 1.807) is 10.9 Å². The number of aromatic nitrogens is 2. The zero-order valence-electron chi connectivity index (χ0n) is 9.43. The summed E-state index contributed by atoms with van der Waals surface area (Å²) in [7, 11) is 0. The van der Waals surface area contributed by atoms with E-state index in [4.69, 9.17) is 11.6 Å². The van der Waals surface area contributed by atoms with Gasteiger partial charge in [0, 0.05) is 6.54 Å². The Hall–Kier alpha value is -0.800. The fourth-order valence-corrected chi connectivity index (χ4v) is 2.50. The van der Waals surface area contributed by atoms with Crippen LogP contribution in [0.3, 0.4) is 0 Å². The molecule has 4 heteroatoms.